The number of ether oxygens (including phenoxy) is 1. The van der Waals surface area contributed by atoms with E-state index < -0.39 is 0 Å². The summed E-state index contributed by atoms with van der Waals surface area (Å²) in [5.41, 5.74) is 1.38. The van der Waals surface area contributed by atoms with Gasteiger partial charge in [0, 0.05) is 6.04 Å². The van der Waals surface area contributed by atoms with Crippen LogP contribution in [0.5, 0.6) is 5.75 Å². The molecule has 0 saturated carbocycles. The van der Waals surface area contributed by atoms with Crippen molar-refractivity contribution in [3.8, 4) is 5.75 Å². The number of unbranched alkanes of at least 4 members (excludes halogenated alkanes) is 1. The van der Waals surface area contributed by atoms with Crippen molar-refractivity contribution in [2.75, 3.05) is 13.7 Å². The van der Waals surface area contributed by atoms with Gasteiger partial charge in [-0.15, -0.1) is 0 Å². The monoisotopic (exact) mass is 263 g/mol. The number of rotatable bonds is 9. The molecule has 0 amide bonds. The summed E-state index contributed by atoms with van der Waals surface area (Å²) in [5, 5.41) is 3.57. The van der Waals surface area contributed by atoms with Gasteiger partial charge in [0.25, 0.3) is 0 Å². The minimum absolute atomic E-state index is 0.564. The molecule has 0 fully saturated rings. The first-order chi connectivity index (χ1) is 9.15. The van der Waals surface area contributed by atoms with Crippen molar-refractivity contribution in [3.63, 3.8) is 0 Å². The summed E-state index contributed by atoms with van der Waals surface area (Å²) >= 11 is 0. The maximum absolute atomic E-state index is 5.30. The molecule has 0 heterocycles. The summed E-state index contributed by atoms with van der Waals surface area (Å²) in [6.45, 7) is 7.79. The van der Waals surface area contributed by atoms with Crippen molar-refractivity contribution in [1.29, 1.82) is 0 Å². The summed E-state index contributed by atoms with van der Waals surface area (Å²) in [4.78, 5) is 0. The van der Waals surface area contributed by atoms with E-state index in [1.54, 1.807) is 7.11 Å². The van der Waals surface area contributed by atoms with Crippen LogP contribution in [0, 0.1) is 5.92 Å². The molecule has 1 rings (SSSR count). The zero-order valence-corrected chi connectivity index (χ0v) is 12.9. The van der Waals surface area contributed by atoms with Crippen LogP contribution >= 0.6 is 0 Å². The molecule has 2 heteroatoms. The van der Waals surface area contributed by atoms with Crippen molar-refractivity contribution >= 4 is 0 Å². The maximum Gasteiger partial charge on any atom is 0.119 e. The van der Waals surface area contributed by atoms with E-state index in [1.807, 2.05) is 6.07 Å². The minimum Gasteiger partial charge on any atom is -0.497 e. The molecule has 0 saturated heterocycles. The Morgan fingerprint density at radius 3 is 2.68 bits per heavy atom. The maximum atomic E-state index is 5.30. The van der Waals surface area contributed by atoms with Gasteiger partial charge in [0.05, 0.1) is 7.11 Å². The van der Waals surface area contributed by atoms with Crippen LogP contribution in [-0.4, -0.2) is 19.7 Å². The third-order valence-electron chi connectivity index (χ3n) is 3.44. The van der Waals surface area contributed by atoms with Gasteiger partial charge in [0.15, 0.2) is 0 Å². The van der Waals surface area contributed by atoms with Crippen LogP contribution in [-0.2, 0) is 6.42 Å². The highest BCUT2D eigenvalue weighted by Gasteiger charge is 2.10. The Kier molecular flexibility index (Phi) is 7.57. The lowest BCUT2D eigenvalue weighted by Gasteiger charge is -2.19. The number of methoxy groups -OCH3 is 1. The molecule has 1 unspecified atom stereocenters. The Hall–Kier alpha value is -1.02. The Morgan fingerprint density at radius 1 is 1.26 bits per heavy atom. The molecule has 2 nitrogen and oxygen atoms in total. The Morgan fingerprint density at radius 2 is 2.05 bits per heavy atom. The molecule has 1 aromatic rings. The molecule has 0 aliphatic rings. The average Bonchev–Trinajstić information content (AvgIpc) is 2.42. The molecule has 1 N–H and O–H groups in total. The van der Waals surface area contributed by atoms with Crippen LogP contribution in [0.25, 0.3) is 0 Å². The smallest absolute Gasteiger partial charge is 0.119 e. The molecule has 1 aromatic carbocycles. The van der Waals surface area contributed by atoms with E-state index >= 15 is 0 Å². The predicted molar refractivity (Wildman–Crippen MR) is 82.9 cm³/mol. The highest BCUT2D eigenvalue weighted by Crippen LogP contribution is 2.19. The number of hydrogen-bond donors (Lipinski definition) is 1. The van der Waals surface area contributed by atoms with E-state index in [1.165, 1.54) is 24.8 Å². The molecule has 0 aliphatic heterocycles. The Labute approximate surface area is 118 Å². The van der Waals surface area contributed by atoms with E-state index in [4.69, 9.17) is 4.74 Å². The zero-order valence-electron chi connectivity index (χ0n) is 12.9. The van der Waals surface area contributed by atoms with E-state index in [2.05, 4.69) is 44.3 Å². The van der Waals surface area contributed by atoms with Crippen LogP contribution in [0.2, 0.25) is 0 Å². The van der Waals surface area contributed by atoms with Crippen molar-refractivity contribution in [2.45, 2.75) is 52.5 Å². The van der Waals surface area contributed by atoms with Crippen LogP contribution in [0.1, 0.15) is 45.6 Å². The van der Waals surface area contributed by atoms with Crippen LogP contribution in [0.3, 0.4) is 0 Å². The Balaban J connectivity index is 2.58. The predicted octanol–water partition coefficient (Wildman–Crippen LogP) is 4.04. The van der Waals surface area contributed by atoms with Crippen LogP contribution < -0.4 is 10.1 Å². The quantitative estimate of drug-likeness (QED) is 0.726. The van der Waals surface area contributed by atoms with Gasteiger partial charge in [-0.1, -0.05) is 45.7 Å². The summed E-state index contributed by atoms with van der Waals surface area (Å²) in [5.74, 6) is 1.68. The largest absolute Gasteiger partial charge is 0.497 e. The van der Waals surface area contributed by atoms with Gasteiger partial charge in [-0.3, -0.25) is 0 Å². The van der Waals surface area contributed by atoms with Gasteiger partial charge < -0.3 is 10.1 Å². The summed E-state index contributed by atoms with van der Waals surface area (Å²) in [7, 11) is 1.73. The van der Waals surface area contributed by atoms with Crippen LogP contribution in [0.4, 0.5) is 0 Å². The topological polar surface area (TPSA) is 21.3 Å². The molecule has 19 heavy (non-hydrogen) atoms. The van der Waals surface area contributed by atoms with Crippen molar-refractivity contribution in [3.05, 3.63) is 29.8 Å². The minimum atomic E-state index is 0.564. The second-order valence-electron chi connectivity index (χ2n) is 5.63. The average molecular weight is 263 g/mol. The lowest BCUT2D eigenvalue weighted by Crippen LogP contribution is -2.30. The molecule has 0 bridgehead atoms. The fourth-order valence-electron chi connectivity index (χ4n) is 2.30. The van der Waals surface area contributed by atoms with Gasteiger partial charge in [0.1, 0.15) is 5.75 Å². The molecule has 0 radical (unpaired) electrons. The number of hydrogen-bond acceptors (Lipinski definition) is 2. The van der Waals surface area contributed by atoms with Gasteiger partial charge >= 0.3 is 0 Å². The standard InChI is InChI=1S/C17H29NO/c1-5-6-8-16(13-18-14(2)3)11-15-9-7-10-17(12-15)19-4/h7,9-10,12,14,16,18H,5-6,8,11,13H2,1-4H3. The summed E-state index contributed by atoms with van der Waals surface area (Å²) < 4.78 is 5.30. The van der Waals surface area contributed by atoms with Gasteiger partial charge in [0.2, 0.25) is 0 Å². The van der Waals surface area contributed by atoms with Crippen molar-refractivity contribution in [2.24, 2.45) is 5.92 Å². The molecule has 0 spiro atoms. The number of nitrogens with one attached hydrogen (secondary N) is 1. The van der Waals surface area contributed by atoms with Gasteiger partial charge in [-0.2, -0.15) is 0 Å². The van der Waals surface area contributed by atoms with E-state index in [-0.39, 0.29) is 0 Å². The van der Waals surface area contributed by atoms with Gasteiger partial charge in [-0.25, -0.2) is 0 Å². The van der Waals surface area contributed by atoms with E-state index in [0.717, 1.165) is 24.6 Å². The fourth-order valence-corrected chi connectivity index (χ4v) is 2.30. The molecule has 108 valence electrons. The molecular formula is C17H29NO. The van der Waals surface area contributed by atoms with E-state index in [0.29, 0.717) is 6.04 Å². The summed E-state index contributed by atoms with van der Waals surface area (Å²) in [6, 6.07) is 9.03. The SMILES string of the molecule is CCCCC(CNC(C)C)Cc1cccc(OC)c1. The van der Waals surface area contributed by atoms with Crippen molar-refractivity contribution < 1.29 is 4.74 Å². The third kappa shape index (κ3) is 6.63. The van der Waals surface area contributed by atoms with Gasteiger partial charge in [-0.05, 0) is 43.0 Å². The Bertz CT molecular complexity index is 349. The second kappa shape index (κ2) is 8.98. The number of benzene rings is 1. The van der Waals surface area contributed by atoms with Crippen molar-refractivity contribution in [1.82, 2.24) is 5.32 Å². The third-order valence-corrected chi connectivity index (χ3v) is 3.44. The summed E-state index contributed by atoms with van der Waals surface area (Å²) in [6.07, 6.45) is 5.02. The van der Waals surface area contributed by atoms with E-state index in [9.17, 15) is 0 Å². The normalized spacial score (nSPS) is 12.7. The lowest BCUT2D eigenvalue weighted by atomic mass is 9.93. The molecule has 1 atom stereocenters. The lowest BCUT2D eigenvalue weighted by molar-refractivity contribution is 0.404. The first-order valence-electron chi connectivity index (χ1n) is 7.52. The fraction of sp³-hybridized carbons (Fsp3) is 0.647. The zero-order chi connectivity index (χ0) is 14.1. The molecule has 0 aliphatic carbocycles. The first-order valence-corrected chi connectivity index (χ1v) is 7.52. The van der Waals surface area contributed by atoms with Crippen LogP contribution in [0.15, 0.2) is 24.3 Å². The highest BCUT2D eigenvalue weighted by atomic mass is 16.5. The molecule has 0 aromatic heterocycles. The highest BCUT2D eigenvalue weighted by molar-refractivity contribution is 5.28. The second-order valence-corrected chi connectivity index (χ2v) is 5.63. The first kappa shape index (κ1) is 16.0. The molecular weight excluding hydrogens is 234 g/mol.